The average Bonchev–Trinajstić information content (AvgIpc) is 2.85. The molecule has 0 spiro atoms. The Morgan fingerprint density at radius 1 is 1.25 bits per heavy atom. The molecule has 0 aromatic rings. The van der Waals surface area contributed by atoms with E-state index in [2.05, 4.69) is 26.1 Å². The van der Waals surface area contributed by atoms with Crippen molar-refractivity contribution in [2.45, 2.75) is 58.9 Å². The summed E-state index contributed by atoms with van der Waals surface area (Å²) in [5.41, 5.74) is 0. The Kier molecular flexibility index (Phi) is 3.56. The van der Waals surface area contributed by atoms with Gasteiger partial charge in [-0.05, 0) is 50.4 Å². The van der Waals surface area contributed by atoms with Crippen molar-refractivity contribution in [1.29, 1.82) is 0 Å². The van der Waals surface area contributed by atoms with Crippen molar-refractivity contribution < 1.29 is 4.79 Å². The summed E-state index contributed by atoms with van der Waals surface area (Å²) < 4.78 is 0. The fourth-order valence-electron chi connectivity index (χ4n) is 3.12. The highest BCUT2D eigenvalue weighted by molar-refractivity contribution is 5.79. The smallest absolute Gasteiger partial charge is 0.223 e. The van der Waals surface area contributed by atoms with Gasteiger partial charge in [0.05, 0.1) is 0 Å². The molecular formula is C14H25NO. The van der Waals surface area contributed by atoms with Crippen LogP contribution in [0.25, 0.3) is 0 Å². The maximum absolute atomic E-state index is 12.0. The molecule has 2 heteroatoms. The van der Waals surface area contributed by atoms with E-state index in [0.29, 0.717) is 23.8 Å². The van der Waals surface area contributed by atoms with E-state index in [1.165, 1.54) is 12.8 Å². The van der Waals surface area contributed by atoms with Crippen LogP contribution in [-0.4, -0.2) is 11.9 Å². The van der Waals surface area contributed by atoms with Gasteiger partial charge < -0.3 is 5.32 Å². The quantitative estimate of drug-likeness (QED) is 0.762. The molecule has 0 radical (unpaired) electrons. The van der Waals surface area contributed by atoms with Gasteiger partial charge in [-0.25, -0.2) is 0 Å². The SMILES string of the molecule is CCC(C)CC(C)NC(=O)C1CC2CC2C1. The van der Waals surface area contributed by atoms with Crippen LogP contribution in [0.4, 0.5) is 0 Å². The zero-order valence-electron chi connectivity index (χ0n) is 10.8. The van der Waals surface area contributed by atoms with Crippen LogP contribution in [0.15, 0.2) is 0 Å². The molecule has 0 heterocycles. The van der Waals surface area contributed by atoms with Gasteiger partial charge in [0.2, 0.25) is 5.91 Å². The van der Waals surface area contributed by atoms with E-state index in [-0.39, 0.29) is 0 Å². The molecule has 2 rings (SSSR count). The number of hydrogen-bond donors (Lipinski definition) is 1. The number of fused-ring (bicyclic) bond motifs is 1. The summed E-state index contributed by atoms with van der Waals surface area (Å²) in [5.74, 6) is 3.18. The van der Waals surface area contributed by atoms with Crippen molar-refractivity contribution in [3.8, 4) is 0 Å². The van der Waals surface area contributed by atoms with Crippen LogP contribution in [0.1, 0.15) is 52.9 Å². The molecule has 4 unspecified atom stereocenters. The highest BCUT2D eigenvalue weighted by Gasteiger charge is 2.48. The molecule has 2 nitrogen and oxygen atoms in total. The summed E-state index contributed by atoms with van der Waals surface area (Å²) in [6.07, 6.45) is 6.03. The van der Waals surface area contributed by atoms with E-state index < -0.39 is 0 Å². The minimum Gasteiger partial charge on any atom is -0.353 e. The Bertz CT molecular complexity index is 253. The van der Waals surface area contributed by atoms with Crippen LogP contribution in [-0.2, 0) is 4.79 Å². The van der Waals surface area contributed by atoms with Gasteiger partial charge in [0.1, 0.15) is 0 Å². The van der Waals surface area contributed by atoms with Crippen molar-refractivity contribution in [3.05, 3.63) is 0 Å². The summed E-state index contributed by atoms with van der Waals surface area (Å²) in [6, 6.07) is 0.347. The van der Waals surface area contributed by atoms with Gasteiger partial charge in [0.25, 0.3) is 0 Å². The van der Waals surface area contributed by atoms with Crippen molar-refractivity contribution in [2.75, 3.05) is 0 Å². The summed E-state index contributed by atoms with van der Waals surface area (Å²) in [4.78, 5) is 12.0. The Morgan fingerprint density at radius 2 is 1.88 bits per heavy atom. The lowest BCUT2D eigenvalue weighted by Gasteiger charge is -2.20. The molecule has 2 fully saturated rings. The summed E-state index contributed by atoms with van der Waals surface area (Å²) >= 11 is 0. The largest absolute Gasteiger partial charge is 0.353 e. The molecule has 0 aromatic heterocycles. The van der Waals surface area contributed by atoms with Crippen LogP contribution in [0.3, 0.4) is 0 Å². The number of rotatable bonds is 5. The number of hydrogen-bond acceptors (Lipinski definition) is 1. The second-order valence-electron chi connectivity index (χ2n) is 6.08. The molecule has 0 aliphatic heterocycles. The van der Waals surface area contributed by atoms with Gasteiger partial charge >= 0.3 is 0 Å². The van der Waals surface area contributed by atoms with E-state index in [9.17, 15) is 4.79 Å². The van der Waals surface area contributed by atoms with Gasteiger partial charge in [-0.2, -0.15) is 0 Å². The van der Waals surface area contributed by atoms with E-state index in [4.69, 9.17) is 0 Å². The monoisotopic (exact) mass is 223 g/mol. The lowest BCUT2D eigenvalue weighted by molar-refractivity contribution is -0.125. The number of carbonyl (C=O) groups is 1. The lowest BCUT2D eigenvalue weighted by atomic mass is 9.98. The molecular weight excluding hydrogens is 198 g/mol. The molecule has 2 saturated carbocycles. The third-order valence-electron chi connectivity index (χ3n) is 4.46. The minimum absolute atomic E-state index is 0.322. The molecule has 2 aliphatic rings. The van der Waals surface area contributed by atoms with Crippen molar-refractivity contribution in [3.63, 3.8) is 0 Å². The second kappa shape index (κ2) is 4.77. The predicted molar refractivity (Wildman–Crippen MR) is 66.0 cm³/mol. The van der Waals surface area contributed by atoms with Crippen molar-refractivity contribution >= 4 is 5.91 Å². The molecule has 4 atom stereocenters. The van der Waals surface area contributed by atoms with E-state index in [1.807, 2.05) is 0 Å². The Balaban J connectivity index is 1.70. The maximum Gasteiger partial charge on any atom is 0.223 e. The number of carbonyl (C=O) groups excluding carboxylic acids is 1. The zero-order chi connectivity index (χ0) is 11.7. The third kappa shape index (κ3) is 2.78. The first-order valence-corrected chi connectivity index (χ1v) is 6.90. The van der Waals surface area contributed by atoms with E-state index in [1.54, 1.807) is 0 Å². The fourth-order valence-corrected chi connectivity index (χ4v) is 3.12. The normalized spacial score (nSPS) is 35.3. The molecule has 2 aliphatic carbocycles. The van der Waals surface area contributed by atoms with Gasteiger partial charge in [-0.3, -0.25) is 4.79 Å². The Labute approximate surface area is 99.2 Å². The van der Waals surface area contributed by atoms with Crippen LogP contribution < -0.4 is 5.32 Å². The molecule has 0 bridgehead atoms. The summed E-state index contributed by atoms with van der Waals surface area (Å²) in [5, 5.41) is 3.19. The molecule has 92 valence electrons. The van der Waals surface area contributed by atoms with Crippen molar-refractivity contribution in [2.24, 2.45) is 23.7 Å². The van der Waals surface area contributed by atoms with Crippen LogP contribution in [0.5, 0.6) is 0 Å². The Hall–Kier alpha value is -0.530. The zero-order valence-corrected chi connectivity index (χ0v) is 10.8. The summed E-state index contributed by atoms with van der Waals surface area (Å²) in [7, 11) is 0. The van der Waals surface area contributed by atoms with Crippen LogP contribution >= 0.6 is 0 Å². The topological polar surface area (TPSA) is 29.1 Å². The minimum atomic E-state index is 0.322. The Morgan fingerprint density at radius 3 is 2.44 bits per heavy atom. The van der Waals surface area contributed by atoms with Gasteiger partial charge in [0.15, 0.2) is 0 Å². The first-order valence-electron chi connectivity index (χ1n) is 6.90. The number of nitrogens with one attached hydrogen (secondary N) is 1. The van der Waals surface area contributed by atoms with Gasteiger partial charge in [0, 0.05) is 12.0 Å². The molecule has 1 N–H and O–H groups in total. The maximum atomic E-state index is 12.0. The van der Waals surface area contributed by atoms with Gasteiger partial charge in [-0.15, -0.1) is 0 Å². The fraction of sp³-hybridized carbons (Fsp3) is 0.929. The predicted octanol–water partition coefficient (Wildman–Crippen LogP) is 2.97. The first kappa shape index (κ1) is 11.9. The number of amides is 1. The second-order valence-corrected chi connectivity index (χ2v) is 6.08. The lowest BCUT2D eigenvalue weighted by Crippen LogP contribution is -2.37. The summed E-state index contributed by atoms with van der Waals surface area (Å²) in [6.45, 7) is 6.61. The van der Waals surface area contributed by atoms with Crippen LogP contribution in [0.2, 0.25) is 0 Å². The van der Waals surface area contributed by atoms with Crippen molar-refractivity contribution in [1.82, 2.24) is 5.32 Å². The molecule has 1 amide bonds. The third-order valence-corrected chi connectivity index (χ3v) is 4.46. The molecule has 0 aromatic carbocycles. The van der Waals surface area contributed by atoms with E-state index in [0.717, 1.165) is 31.1 Å². The first-order chi connectivity index (χ1) is 7.60. The molecule has 0 saturated heterocycles. The highest BCUT2D eigenvalue weighted by atomic mass is 16.1. The van der Waals surface area contributed by atoms with E-state index >= 15 is 0 Å². The standard InChI is InChI=1S/C14H25NO/c1-4-9(2)5-10(3)15-14(16)13-7-11-6-12(11)8-13/h9-13H,4-8H2,1-3H3,(H,15,16). The average molecular weight is 223 g/mol. The highest BCUT2D eigenvalue weighted by Crippen LogP contribution is 2.54. The molecule has 16 heavy (non-hydrogen) atoms. The van der Waals surface area contributed by atoms with Crippen LogP contribution in [0, 0.1) is 23.7 Å². The van der Waals surface area contributed by atoms with Gasteiger partial charge in [-0.1, -0.05) is 20.3 Å².